The fourth-order valence-electron chi connectivity index (χ4n) is 4.34. The second-order valence-corrected chi connectivity index (χ2v) is 10.4. The molecule has 2 aromatic heterocycles. The van der Waals surface area contributed by atoms with Gasteiger partial charge in [0.25, 0.3) is 5.89 Å². The SMILES string of the molecule is O=S(CCN1CCN(c2ccncc2)CC1)N(Cc1ccc(-c2nnc(C(F)F)o2)cc1)c1ccccc1. The molecule has 1 aliphatic heterocycles. The van der Waals surface area contributed by atoms with E-state index in [1.54, 1.807) is 12.1 Å². The maximum Gasteiger partial charge on any atom is 0.314 e. The first-order valence-corrected chi connectivity index (χ1v) is 13.6. The highest BCUT2D eigenvalue weighted by Crippen LogP contribution is 2.25. The second kappa shape index (κ2) is 12.2. The van der Waals surface area contributed by atoms with Crippen molar-refractivity contribution in [2.75, 3.05) is 47.7 Å². The van der Waals surface area contributed by atoms with Gasteiger partial charge in [-0.1, -0.05) is 30.3 Å². The summed E-state index contributed by atoms with van der Waals surface area (Å²) in [5.41, 5.74) is 3.52. The van der Waals surface area contributed by atoms with Crippen LogP contribution in [-0.4, -0.2) is 62.8 Å². The molecular formula is C27H28F2N6O2S. The Hall–Kier alpha value is -3.70. The molecule has 1 fully saturated rings. The zero-order valence-electron chi connectivity index (χ0n) is 20.7. The molecule has 8 nitrogen and oxygen atoms in total. The molecule has 0 spiro atoms. The van der Waals surface area contributed by atoms with Crippen molar-refractivity contribution in [3.05, 3.63) is 90.6 Å². The maximum absolute atomic E-state index is 13.5. The molecule has 2 aromatic carbocycles. The van der Waals surface area contributed by atoms with Gasteiger partial charge in [0.2, 0.25) is 5.89 Å². The summed E-state index contributed by atoms with van der Waals surface area (Å²) in [5, 5.41) is 7.08. The number of anilines is 2. The molecule has 1 unspecified atom stereocenters. The van der Waals surface area contributed by atoms with E-state index in [0.29, 0.717) is 17.9 Å². The van der Waals surface area contributed by atoms with E-state index in [1.165, 1.54) is 5.69 Å². The number of hydrogen-bond acceptors (Lipinski definition) is 7. The summed E-state index contributed by atoms with van der Waals surface area (Å²) in [6.45, 7) is 4.83. The normalized spacial score (nSPS) is 15.1. The van der Waals surface area contributed by atoms with Crippen LogP contribution in [0.15, 0.2) is 83.5 Å². The predicted molar refractivity (Wildman–Crippen MR) is 143 cm³/mol. The highest BCUT2D eigenvalue weighted by Gasteiger charge is 2.21. The van der Waals surface area contributed by atoms with Crippen molar-refractivity contribution >= 4 is 22.4 Å². The standard InChI is InChI=1S/C27H28F2N6O2S/c28-25(29)27-32-31-26(37-27)22-8-6-21(7-9-22)20-35(24-4-2-1-3-5-24)38(36)19-18-33-14-16-34(17-15-33)23-10-12-30-13-11-23/h1-13,25H,14-20H2. The molecule has 4 aromatic rings. The van der Waals surface area contributed by atoms with Gasteiger partial charge >= 0.3 is 6.43 Å². The first-order chi connectivity index (χ1) is 18.6. The van der Waals surface area contributed by atoms with Crippen LogP contribution in [0.4, 0.5) is 20.2 Å². The Morgan fingerprint density at radius 2 is 1.63 bits per heavy atom. The van der Waals surface area contributed by atoms with Crippen LogP contribution in [0.25, 0.3) is 11.5 Å². The first-order valence-electron chi connectivity index (χ1n) is 12.4. The van der Waals surface area contributed by atoms with Crippen LogP contribution in [0.5, 0.6) is 0 Å². The third kappa shape index (κ3) is 6.40. The molecule has 3 heterocycles. The van der Waals surface area contributed by atoms with E-state index in [1.807, 2.05) is 71.3 Å². The molecule has 0 saturated carbocycles. The molecule has 1 atom stereocenters. The molecule has 5 rings (SSSR count). The van der Waals surface area contributed by atoms with Crippen molar-refractivity contribution in [1.82, 2.24) is 20.1 Å². The predicted octanol–water partition coefficient (Wildman–Crippen LogP) is 4.56. The van der Waals surface area contributed by atoms with E-state index in [2.05, 4.69) is 25.0 Å². The first kappa shape index (κ1) is 25.9. The van der Waals surface area contributed by atoms with Crippen LogP contribution >= 0.6 is 0 Å². The van der Waals surface area contributed by atoms with E-state index < -0.39 is 23.3 Å². The average molecular weight is 539 g/mol. The second-order valence-electron chi connectivity index (χ2n) is 8.87. The topological polar surface area (TPSA) is 78.6 Å². The minimum absolute atomic E-state index is 0.0411. The Balaban J connectivity index is 1.21. The van der Waals surface area contributed by atoms with Crippen molar-refractivity contribution in [3.63, 3.8) is 0 Å². The number of para-hydroxylation sites is 1. The van der Waals surface area contributed by atoms with Crippen LogP contribution in [0.1, 0.15) is 17.9 Å². The van der Waals surface area contributed by atoms with Crippen molar-refractivity contribution in [2.45, 2.75) is 13.0 Å². The summed E-state index contributed by atoms with van der Waals surface area (Å²) in [6, 6.07) is 20.9. The van der Waals surface area contributed by atoms with Crippen molar-refractivity contribution < 1.29 is 17.4 Å². The van der Waals surface area contributed by atoms with Gasteiger partial charge in [-0.3, -0.25) is 14.2 Å². The zero-order valence-corrected chi connectivity index (χ0v) is 21.5. The lowest BCUT2D eigenvalue weighted by atomic mass is 10.1. The van der Waals surface area contributed by atoms with E-state index in [0.717, 1.165) is 44.0 Å². The van der Waals surface area contributed by atoms with E-state index in [4.69, 9.17) is 4.42 Å². The highest BCUT2D eigenvalue weighted by molar-refractivity contribution is 7.86. The quantitative estimate of drug-likeness (QED) is 0.293. The summed E-state index contributed by atoms with van der Waals surface area (Å²) < 4.78 is 46.0. The van der Waals surface area contributed by atoms with Gasteiger partial charge in [-0.15, -0.1) is 10.2 Å². The molecule has 0 N–H and O–H groups in total. The Bertz CT molecular complexity index is 1320. The molecule has 11 heteroatoms. The maximum atomic E-state index is 13.5. The van der Waals surface area contributed by atoms with Gasteiger partial charge in [-0.25, -0.2) is 4.21 Å². The number of aromatic nitrogens is 3. The summed E-state index contributed by atoms with van der Waals surface area (Å²) in [5.74, 6) is -0.145. The van der Waals surface area contributed by atoms with Gasteiger partial charge < -0.3 is 9.32 Å². The van der Waals surface area contributed by atoms with Crippen LogP contribution in [0.2, 0.25) is 0 Å². The lowest BCUT2D eigenvalue weighted by Gasteiger charge is -2.36. The van der Waals surface area contributed by atoms with Crippen LogP contribution in [-0.2, 0) is 17.5 Å². The van der Waals surface area contributed by atoms with Gasteiger partial charge in [0, 0.05) is 62.1 Å². The molecule has 0 aliphatic carbocycles. The van der Waals surface area contributed by atoms with Gasteiger partial charge in [-0.05, 0) is 42.0 Å². The number of hydrogen-bond donors (Lipinski definition) is 0. The van der Waals surface area contributed by atoms with Gasteiger partial charge in [0.1, 0.15) is 11.0 Å². The number of pyridine rings is 1. The van der Waals surface area contributed by atoms with E-state index in [-0.39, 0.29) is 5.89 Å². The summed E-state index contributed by atoms with van der Waals surface area (Å²) in [4.78, 5) is 8.79. The minimum Gasteiger partial charge on any atom is -0.415 e. The molecular weight excluding hydrogens is 510 g/mol. The molecule has 38 heavy (non-hydrogen) atoms. The highest BCUT2D eigenvalue weighted by atomic mass is 32.2. The fraction of sp³-hybridized carbons (Fsp3) is 0.296. The number of piperazine rings is 1. The number of halogens is 2. The molecule has 0 amide bonds. The fourth-order valence-corrected chi connectivity index (χ4v) is 5.62. The summed E-state index contributed by atoms with van der Waals surface area (Å²) in [6.07, 6.45) is 0.811. The number of rotatable bonds is 10. The van der Waals surface area contributed by atoms with Crippen LogP contribution < -0.4 is 9.21 Å². The molecule has 198 valence electrons. The van der Waals surface area contributed by atoms with Gasteiger partial charge in [0.15, 0.2) is 0 Å². The zero-order chi connectivity index (χ0) is 26.3. The molecule has 1 saturated heterocycles. The minimum atomic E-state index is -2.81. The Morgan fingerprint density at radius 1 is 0.921 bits per heavy atom. The van der Waals surface area contributed by atoms with Crippen molar-refractivity contribution in [3.8, 4) is 11.5 Å². The Kier molecular flexibility index (Phi) is 8.34. The lowest BCUT2D eigenvalue weighted by molar-refractivity contribution is 0.116. The Morgan fingerprint density at radius 3 is 2.29 bits per heavy atom. The molecule has 1 aliphatic rings. The summed E-state index contributed by atoms with van der Waals surface area (Å²) >= 11 is 0. The van der Waals surface area contributed by atoms with E-state index >= 15 is 0 Å². The van der Waals surface area contributed by atoms with Crippen LogP contribution in [0, 0.1) is 0 Å². The molecule has 0 radical (unpaired) electrons. The lowest BCUT2D eigenvalue weighted by Crippen LogP contribution is -2.48. The monoisotopic (exact) mass is 538 g/mol. The number of alkyl halides is 2. The smallest absolute Gasteiger partial charge is 0.314 e. The van der Waals surface area contributed by atoms with E-state index in [9.17, 15) is 13.0 Å². The van der Waals surface area contributed by atoms with Gasteiger partial charge in [0.05, 0.1) is 12.3 Å². The number of benzene rings is 2. The van der Waals surface area contributed by atoms with Gasteiger partial charge in [-0.2, -0.15) is 8.78 Å². The summed E-state index contributed by atoms with van der Waals surface area (Å²) in [7, 11) is -1.25. The van der Waals surface area contributed by atoms with Crippen molar-refractivity contribution in [1.29, 1.82) is 0 Å². The average Bonchev–Trinajstić information content (AvgIpc) is 3.47. The third-order valence-corrected chi connectivity index (χ3v) is 7.79. The van der Waals surface area contributed by atoms with Crippen molar-refractivity contribution in [2.24, 2.45) is 0 Å². The Labute approximate surface area is 222 Å². The number of nitrogens with zero attached hydrogens (tertiary/aromatic N) is 6. The molecule has 0 bridgehead atoms. The largest absolute Gasteiger partial charge is 0.415 e. The third-order valence-electron chi connectivity index (χ3n) is 6.43. The van der Waals surface area contributed by atoms with Crippen LogP contribution in [0.3, 0.4) is 0 Å².